The van der Waals surface area contributed by atoms with Gasteiger partial charge in [-0.3, -0.25) is 4.79 Å². The van der Waals surface area contributed by atoms with Gasteiger partial charge in [0, 0.05) is 12.8 Å². The van der Waals surface area contributed by atoms with Gasteiger partial charge < -0.3 is 15.8 Å². The molecule has 6 heteroatoms. The van der Waals surface area contributed by atoms with Crippen molar-refractivity contribution in [3.8, 4) is 0 Å². The lowest BCUT2D eigenvalue weighted by Gasteiger charge is -2.07. The lowest BCUT2D eigenvalue weighted by Crippen LogP contribution is -2.17. The minimum absolute atomic E-state index is 0.0282. The predicted octanol–water partition coefficient (Wildman–Crippen LogP) is 2.16. The zero-order chi connectivity index (χ0) is 11.4. The first-order valence-electron chi connectivity index (χ1n) is 4.08. The number of ether oxygens (including phenoxy) is 1. The number of nitrogen functional groups attached to an aromatic ring is 1. The maximum Gasteiger partial charge on any atom is 0.250 e. The number of amides is 1. The standard InChI is InChI=1S/C9H10Cl2N2O2/c1-15-4-8(14)13-5-2-6(10)9(12)7(11)3-5/h2-3H,4,12H2,1H3,(H,13,14). The van der Waals surface area contributed by atoms with Crippen LogP contribution in [0.25, 0.3) is 0 Å². The van der Waals surface area contributed by atoms with Gasteiger partial charge in [0.2, 0.25) is 5.91 Å². The zero-order valence-corrected chi connectivity index (χ0v) is 9.52. The van der Waals surface area contributed by atoms with Crippen LogP contribution < -0.4 is 11.1 Å². The lowest BCUT2D eigenvalue weighted by atomic mass is 10.3. The summed E-state index contributed by atoms with van der Waals surface area (Å²) < 4.78 is 4.66. The summed E-state index contributed by atoms with van der Waals surface area (Å²) in [5.74, 6) is -0.283. The molecule has 4 nitrogen and oxygen atoms in total. The average molecular weight is 249 g/mol. The first kappa shape index (κ1) is 12.1. The Balaban J connectivity index is 2.83. The molecular weight excluding hydrogens is 239 g/mol. The Morgan fingerprint density at radius 2 is 2.00 bits per heavy atom. The van der Waals surface area contributed by atoms with Gasteiger partial charge in [-0.25, -0.2) is 0 Å². The van der Waals surface area contributed by atoms with Crippen molar-refractivity contribution in [3.05, 3.63) is 22.2 Å². The molecule has 0 aliphatic rings. The van der Waals surface area contributed by atoms with Crippen LogP contribution in [0.5, 0.6) is 0 Å². The lowest BCUT2D eigenvalue weighted by molar-refractivity contribution is -0.119. The van der Waals surface area contributed by atoms with Gasteiger partial charge >= 0.3 is 0 Å². The highest BCUT2D eigenvalue weighted by atomic mass is 35.5. The Bertz CT molecular complexity index is 359. The molecule has 1 aromatic rings. The molecule has 0 atom stereocenters. The third-order valence-electron chi connectivity index (χ3n) is 1.64. The highest BCUT2D eigenvalue weighted by Crippen LogP contribution is 2.30. The molecule has 1 amide bonds. The van der Waals surface area contributed by atoms with Gasteiger partial charge in [-0.2, -0.15) is 0 Å². The molecule has 0 heterocycles. The van der Waals surface area contributed by atoms with E-state index in [1.54, 1.807) is 0 Å². The topological polar surface area (TPSA) is 64.3 Å². The Kier molecular flexibility index (Phi) is 4.20. The van der Waals surface area contributed by atoms with E-state index in [0.29, 0.717) is 21.4 Å². The summed E-state index contributed by atoms with van der Waals surface area (Å²) in [7, 11) is 1.43. The van der Waals surface area contributed by atoms with Gasteiger partial charge in [-0.15, -0.1) is 0 Å². The third kappa shape index (κ3) is 3.27. The van der Waals surface area contributed by atoms with E-state index >= 15 is 0 Å². The summed E-state index contributed by atoms with van der Waals surface area (Å²) in [5.41, 5.74) is 6.32. The summed E-state index contributed by atoms with van der Waals surface area (Å²) in [4.78, 5) is 11.2. The molecule has 0 aliphatic carbocycles. The summed E-state index contributed by atoms with van der Waals surface area (Å²) in [5, 5.41) is 3.17. The number of carbonyl (C=O) groups is 1. The predicted molar refractivity (Wildman–Crippen MR) is 61.4 cm³/mol. The van der Waals surface area contributed by atoms with Crippen LogP contribution in [0.4, 0.5) is 11.4 Å². The van der Waals surface area contributed by atoms with E-state index in [1.807, 2.05) is 0 Å². The number of carbonyl (C=O) groups excluding carboxylic acids is 1. The van der Waals surface area contributed by atoms with E-state index in [-0.39, 0.29) is 12.5 Å². The molecule has 0 saturated heterocycles. The van der Waals surface area contributed by atoms with Crippen LogP contribution in [0.2, 0.25) is 10.0 Å². The second-order valence-electron chi connectivity index (χ2n) is 2.83. The van der Waals surface area contributed by atoms with E-state index in [9.17, 15) is 4.79 Å². The Morgan fingerprint density at radius 3 is 2.47 bits per heavy atom. The molecule has 0 radical (unpaired) electrons. The molecule has 0 fully saturated rings. The Labute approximate surface area is 97.3 Å². The number of nitrogens with one attached hydrogen (secondary N) is 1. The summed E-state index contributed by atoms with van der Waals surface area (Å²) >= 11 is 11.6. The average Bonchev–Trinajstić information content (AvgIpc) is 2.14. The van der Waals surface area contributed by atoms with Gasteiger partial charge in [0.25, 0.3) is 0 Å². The van der Waals surface area contributed by atoms with Gasteiger partial charge in [0.1, 0.15) is 6.61 Å². The van der Waals surface area contributed by atoms with E-state index in [2.05, 4.69) is 10.1 Å². The number of halogens is 2. The summed E-state index contributed by atoms with van der Waals surface area (Å²) in [6.45, 7) is -0.0282. The molecule has 82 valence electrons. The van der Waals surface area contributed by atoms with Crippen LogP contribution in [0.1, 0.15) is 0 Å². The van der Waals surface area contributed by atoms with E-state index in [4.69, 9.17) is 28.9 Å². The largest absolute Gasteiger partial charge is 0.396 e. The maximum absolute atomic E-state index is 11.2. The van der Waals surface area contributed by atoms with Gasteiger partial charge in [-0.1, -0.05) is 23.2 Å². The van der Waals surface area contributed by atoms with E-state index in [0.717, 1.165) is 0 Å². The molecule has 0 aromatic heterocycles. The SMILES string of the molecule is COCC(=O)Nc1cc(Cl)c(N)c(Cl)c1. The van der Waals surface area contributed by atoms with Crippen molar-refractivity contribution in [2.45, 2.75) is 0 Å². The van der Waals surface area contributed by atoms with Crippen molar-refractivity contribution in [3.63, 3.8) is 0 Å². The molecule has 1 aromatic carbocycles. The van der Waals surface area contributed by atoms with Crippen LogP contribution in [0.3, 0.4) is 0 Å². The third-order valence-corrected chi connectivity index (χ3v) is 2.26. The fraction of sp³-hybridized carbons (Fsp3) is 0.222. The number of anilines is 2. The van der Waals surface area contributed by atoms with Crippen molar-refractivity contribution in [1.82, 2.24) is 0 Å². The quantitative estimate of drug-likeness (QED) is 0.807. The minimum Gasteiger partial charge on any atom is -0.396 e. The molecule has 0 bridgehead atoms. The van der Waals surface area contributed by atoms with Gasteiger partial charge in [0.15, 0.2) is 0 Å². The van der Waals surface area contributed by atoms with Crippen LogP contribution in [0, 0.1) is 0 Å². The molecule has 0 saturated carbocycles. The first-order valence-corrected chi connectivity index (χ1v) is 4.83. The summed E-state index contributed by atoms with van der Waals surface area (Å²) in [6.07, 6.45) is 0. The maximum atomic E-state index is 11.2. The van der Waals surface area contributed by atoms with Crippen LogP contribution in [0.15, 0.2) is 12.1 Å². The van der Waals surface area contributed by atoms with E-state index < -0.39 is 0 Å². The Hall–Kier alpha value is -0.970. The summed E-state index contributed by atoms with van der Waals surface area (Å²) in [6, 6.07) is 3.05. The zero-order valence-electron chi connectivity index (χ0n) is 8.01. The fourth-order valence-electron chi connectivity index (χ4n) is 0.985. The van der Waals surface area contributed by atoms with Crippen molar-refractivity contribution < 1.29 is 9.53 Å². The molecule has 0 unspecified atom stereocenters. The Morgan fingerprint density at radius 1 is 1.47 bits per heavy atom. The van der Waals surface area contributed by atoms with Crippen molar-refractivity contribution in [2.75, 3.05) is 24.8 Å². The van der Waals surface area contributed by atoms with Crippen molar-refractivity contribution in [1.29, 1.82) is 0 Å². The fourth-order valence-corrected chi connectivity index (χ4v) is 1.47. The van der Waals surface area contributed by atoms with E-state index in [1.165, 1.54) is 19.2 Å². The molecule has 1 rings (SSSR count). The van der Waals surface area contributed by atoms with Crippen LogP contribution in [-0.2, 0) is 9.53 Å². The molecule has 3 N–H and O–H groups in total. The second-order valence-corrected chi connectivity index (χ2v) is 3.65. The number of nitrogens with two attached hydrogens (primary N) is 1. The van der Waals surface area contributed by atoms with Crippen molar-refractivity contribution >= 4 is 40.5 Å². The molecule has 15 heavy (non-hydrogen) atoms. The number of hydrogen-bond donors (Lipinski definition) is 2. The van der Waals surface area contributed by atoms with Crippen LogP contribution >= 0.6 is 23.2 Å². The van der Waals surface area contributed by atoms with Crippen molar-refractivity contribution in [2.24, 2.45) is 0 Å². The first-order chi connectivity index (χ1) is 7.04. The monoisotopic (exact) mass is 248 g/mol. The smallest absolute Gasteiger partial charge is 0.250 e. The number of hydrogen-bond acceptors (Lipinski definition) is 3. The molecule has 0 aliphatic heterocycles. The number of benzene rings is 1. The van der Waals surface area contributed by atoms with Gasteiger partial charge in [0.05, 0.1) is 15.7 Å². The second kappa shape index (κ2) is 5.21. The highest BCUT2D eigenvalue weighted by Gasteiger charge is 2.07. The minimum atomic E-state index is -0.283. The molecule has 0 spiro atoms. The van der Waals surface area contributed by atoms with Crippen LogP contribution in [-0.4, -0.2) is 19.6 Å². The molecular formula is C9H10Cl2N2O2. The van der Waals surface area contributed by atoms with Gasteiger partial charge in [-0.05, 0) is 12.1 Å². The normalized spacial score (nSPS) is 10.1. The number of methoxy groups -OCH3 is 1. The highest BCUT2D eigenvalue weighted by molar-refractivity contribution is 6.39. The number of rotatable bonds is 3.